The fraction of sp³-hybridized carbons (Fsp3) is 0.267. The summed E-state index contributed by atoms with van der Waals surface area (Å²) in [6.07, 6.45) is 2.95. The summed E-state index contributed by atoms with van der Waals surface area (Å²) in [4.78, 5) is 18.2. The fourth-order valence-corrected chi connectivity index (χ4v) is 4.36. The van der Waals surface area contributed by atoms with Crippen LogP contribution >= 0.6 is 11.8 Å². The van der Waals surface area contributed by atoms with Crippen molar-refractivity contribution >= 4 is 27.5 Å². The molecule has 0 unspecified atom stereocenters. The molecule has 9 heteroatoms. The number of amides is 1. The lowest BCUT2D eigenvalue weighted by atomic mass is 10.2. The van der Waals surface area contributed by atoms with E-state index in [1.165, 1.54) is 23.5 Å². The molecule has 0 saturated carbocycles. The second-order valence-electron chi connectivity index (χ2n) is 5.31. The Morgan fingerprint density at radius 2 is 2.12 bits per heavy atom. The first-order valence-electron chi connectivity index (χ1n) is 7.26. The van der Waals surface area contributed by atoms with Gasteiger partial charge in [0.25, 0.3) is 0 Å². The maximum absolute atomic E-state index is 12.7. The minimum Gasteiger partial charge on any atom is -0.330 e. The summed E-state index contributed by atoms with van der Waals surface area (Å²) in [5.74, 6) is -0.0580. The van der Waals surface area contributed by atoms with Gasteiger partial charge in [-0.3, -0.25) is 9.89 Å². The summed E-state index contributed by atoms with van der Waals surface area (Å²) in [5.41, 5.74) is 0.952. The van der Waals surface area contributed by atoms with Crippen LogP contribution in [0.15, 0.2) is 53.3 Å². The largest absolute Gasteiger partial charge is 0.330 e. The first-order chi connectivity index (χ1) is 11.5. The average molecular weight is 364 g/mol. The molecular formula is C15H16N4O3S2. The molecule has 0 fully saturated rings. The molecule has 0 radical (unpaired) electrons. The number of carbonyl (C=O) groups excluding carboxylic acids is 1. The molecule has 7 nitrogen and oxygen atoms in total. The normalized spacial score (nSPS) is 18.6. The Labute approximate surface area is 144 Å². The van der Waals surface area contributed by atoms with Gasteiger partial charge in [-0.1, -0.05) is 42.1 Å². The highest BCUT2D eigenvalue weighted by molar-refractivity contribution is 7.99. The van der Waals surface area contributed by atoms with Crippen LogP contribution in [0, 0.1) is 0 Å². The molecule has 1 amide bonds. The second kappa shape index (κ2) is 7.18. The number of H-pyrrole nitrogens is 1. The lowest BCUT2D eigenvalue weighted by Gasteiger charge is -2.27. The van der Waals surface area contributed by atoms with E-state index >= 15 is 0 Å². The van der Waals surface area contributed by atoms with Crippen LogP contribution in [0.2, 0.25) is 0 Å². The topological polar surface area (TPSA) is 96.0 Å². The second-order valence-corrected chi connectivity index (χ2v) is 8.21. The van der Waals surface area contributed by atoms with Crippen molar-refractivity contribution in [1.29, 1.82) is 0 Å². The van der Waals surface area contributed by atoms with Crippen molar-refractivity contribution in [3.8, 4) is 0 Å². The predicted octanol–water partition coefficient (Wildman–Crippen LogP) is 1.24. The van der Waals surface area contributed by atoms with Gasteiger partial charge in [-0.25, -0.2) is 13.4 Å². The summed E-state index contributed by atoms with van der Waals surface area (Å²) in [5, 5.41) is 8.16. The van der Waals surface area contributed by atoms with Gasteiger partial charge in [-0.2, -0.15) is 5.10 Å². The highest BCUT2D eigenvalue weighted by Gasteiger charge is 2.30. The molecule has 3 rings (SSSR count). The highest BCUT2D eigenvalue weighted by atomic mass is 32.2. The van der Waals surface area contributed by atoms with E-state index in [4.69, 9.17) is 0 Å². The number of aromatic nitrogens is 3. The number of carbonyl (C=O) groups is 1. The van der Waals surface area contributed by atoms with Crippen LogP contribution in [0.1, 0.15) is 5.56 Å². The van der Waals surface area contributed by atoms with Crippen LogP contribution in [0.25, 0.3) is 0 Å². The van der Waals surface area contributed by atoms with Crippen molar-refractivity contribution in [3.05, 3.63) is 53.7 Å². The van der Waals surface area contributed by atoms with Crippen LogP contribution in [0.3, 0.4) is 0 Å². The molecule has 0 saturated heterocycles. The van der Waals surface area contributed by atoms with Crippen molar-refractivity contribution in [2.75, 3.05) is 11.5 Å². The lowest BCUT2D eigenvalue weighted by Crippen LogP contribution is -2.41. The Morgan fingerprint density at radius 3 is 2.75 bits per heavy atom. The van der Waals surface area contributed by atoms with Gasteiger partial charge < -0.3 is 4.90 Å². The molecule has 1 aliphatic heterocycles. The Hall–Kier alpha value is -2.13. The summed E-state index contributed by atoms with van der Waals surface area (Å²) in [7, 11) is -3.23. The van der Waals surface area contributed by atoms with Gasteiger partial charge in [-0.15, -0.1) is 0 Å². The number of nitrogens with zero attached hydrogens (tertiary/aromatic N) is 3. The minimum absolute atomic E-state index is 0.0709. The first kappa shape index (κ1) is 16.7. The molecule has 1 aromatic carbocycles. The number of sulfone groups is 1. The lowest BCUT2D eigenvalue weighted by molar-refractivity contribution is -0.130. The van der Waals surface area contributed by atoms with Gasteiger partial charge in [0.2, 0.25) is 5.91 Å². The van der Waals surface area contributed by atoms with Crippen molar-refractivity contribution in [2.24, 2.45) is 0 Å². The zero-order valence-corrected chi connectivity index (χ0v) is 14.3. The SMILES string of the molecule is O=C(CSc1ncn[nH]1)N(Cc1ccccc1)[C@H]1C=CS(=O)(=O)C1. The van der Waals surface area contributed by atoms with Crippen LogP contribution in [0.5, 0.6) is 0 Å². The van der Waals surface area contributed by atoms with E-state index in [1.54, 1.807) is 11.0 Å². The average Bonchev–Trinajstić information content (AvgIpc) is 3.20. The van der Waals surface area contributed by atoms with Gasteiger partial charge in [-0.05, 0) is 11.6 Å². The molecule has 1 aromatic heterocycles. The molecule has 2 aromatic rings. The molecule has 0 aliphatic carbocycles. The Balaban J connectivity index is 1.73. The minimum atomic E-state index is -3.23. The van der Waals surface area contributed by atoms with E-state index in [9.17, 15) is 13.2 Å². The van der Waals surface area contributed by atoms with Crippen LogP contribution in [-0.4, -0.2) is 52.0 Å². The van der Waals surface area contributed by atoms with Crippen molar-refractivity contribution in [3.63, 3.8) is 0 Å². The highest BCUT2D eigenvalue weighted by Crippen LogP contribution is 2.20. The molecule has 0 spiro atoms. The summed E-state index contributed by atoms with van der Waals surface area (Å²) in [6.45, 7) is 0.362. The molecule has 126 valence electrons. The summed E-state index contributed by atoms with van der Waals surface area (Å²) in [6, 6.07) is 9.06. The van der Waals surface area contributed by atoms with Crippen LogP contribution < -0.4 is 0 Å². The van der Waals surface area contributed by atoms with E-state index in [0.29, 0.717) is 11.7 Å². The maximum Gasteiger partial charge on any atom is 0.233 e. The van der Waals surface area contributed by atoms with Crippen molar-refractivity contribution in [2.45, 2.75) is 17.7 Å². The Bertz CT molecular complexity index is 820. The van der Waals surface area contributed by atoms with E-state index in [0.717, 1.165) is 5.56 Å². The molecular weight excluding hydrogens is 348 g/mol. The van der Waals surface area contributed by atoms with Gasteiger partial charge in [0.1, 0.15) is 6.33 Å². The molecule has 1 atom stereocenters. The summed E-state index contributed by atoms with van der Waals surface area (Å²) >= 11 is 1.24. The summed E-state index contributed by atoms with van der Waals surface area (Å²) < 4.78 is 23.4. The Morgan fingerprint density at radius 1 is 1.33 bits per heavy atom. The van der Waals surface area contributed by atoms with E-state index in [-0.39, 0.29) is 17.4 Å². The molecule has 1 aliphatic rings. The van der Waals surface area contributed by atoms with E-state index < -0.39 is 15.9 Å². The number of benzene rings is 1. The first-order valence-corrected chi connectivity index (χ1v) is 9.96. The number of rotatable bonds is 6. The number of thioether (sulfide) groups is 1. The van der Waals surface area contributed by atoms with Crippen LogP contribution in [0.4, 0.5) is 0 Å². The number of nitrogens with one attached hydrogen (secondary N) is 1. The van der Waals surface area contributed by atoms with Gasteiger partial charge >= 0.3 is 0 Å². The number of hydrogen-bond acceptors (Lipinski definition) is 6. The van der Waals surface area contributed by atoms with E-state index in [1.807, 2.05) is 30.3 Å². The molecule has 24 heavy (non-hydrogen) atoms. The number of aromatic amines is 1. The zero-order valence-electron chi connectivity index (χ0n) is 12.7. The fourth-order valence-electron chi connectivity index (χ4n) is 2.40. The molecule has 2 heterocycles. The third kappa shape index (κ3) is 4.24. The van der Waals surface area contributed by atoms with Gasteiger partial charge in [0.05, 0.1) is 17.5 Å². The predicted molar refractivity (Wildman–Crippen MR) is 90.8 cm³/mol. The van der Waals surface area contributed by atoms with Crippen molar-refractivity contribution < 1.29 is 13.2 Å². The van der Waals surface area contributed by atoms with Gasteiger partial charge in [0.15, 0.2) is 15.0 Å². The molecule has 1 N–H and O–H groups in total. The smallest absolute Gasteiger partial charge is 0.233 e. The Kier molecular flexibility index (Phi) is 5.00. The van der Waals surface area contributed by atoms with E-state index in [2.05, 4.69) is 15.2 Å². The quantitative estimate of drug-likeness (QED) is 0.775. The number of hydrogen-bond donors (Lipinski definition) is 1. The third-order valence-corrected chi connectivity index (χ3v) is 5.79. The van der Waals surface area contributed by atoms with Crippen LogP contribution in [-0.2, 0) is 21.2 Å². The maximum atomic E-state index is 12.7. The third-order valence-electron chi connectivity index (χ3n) is 3.55. The zero-order chi connectivity index (χ0) is 17.0. The standard InChI is InChI=1S/C15H16N4O3S2/c20-14(9-23-15-16-11-17-18-15)19(8-12-4-2-1-3-5-12)13-6-7-24(21,22)10-13/h1-7,11,13H,8-10H2,(H,16,17,18)/t13-/m0/s1. The monoisotopic (exact) mass is 364 g/mol. The van der Waals surface area contributed by atoms with Gasteiger partial charge in [0, 0.05) is 12.0 Å². The van der Waals surface area contributed by atoms with Crippen molar-refractivity contribution in [1.82, 2.24) is 20.1 Å². The molecule has 0 bridgehead atoms.